The SMILES string of the molecule is CSCC[C@H](NN[C@H](C=O)CC(C)C)C(=O)N[C@@H](CS)C(=O)C(C)C(=O)[C@@H]1CCCN1N[C@H](C=O)CCCNC(=N)N. The Hall–Kier alpha value is -2.04. The first-order valence-electron chi connectivity index (χ1n) is 14.5. The Kier molecular flexibility index (Phi) is 18.8. The topological polar surface area (TPSA) is 199 Å². The van der Waals surface area contributed by atoms with Gasteiger partial charge >= 0.3 is 0 Å². The summed E-state index contributed by atoms with van der Waals surface area (Å²) in [5.74, 6) is -1.29. The lowest BCUT2D eigenvalue weighted by Crippen LogP contribution is -2.58. The van der Waals surface area contributed by atoms with E-state index in [1.807, 2.05) is 20.1 Å². The number of nitrogens with zero attached hydrogens (tertiary/aromatic N) is 1. The number of thiol groups is 1. The Bertz CT molecular complexity index is 897. The summed E-state index contributed by atoms with van der Waals surface area (Å²) in [6, 6.07) is -3.25. The van der Waals surface area contributed by atoms with Crippen molar-refractivity contribution < 1.29 is 24.0 Å². The van der Waals surface area contributed by atoms with E-state index in [0.29, 0.717) is 50.9 Å². The second-order valence-corrected chi connectivity index (χ2v) is 12.3. The summed E-state index contributed by atoms with van der Waals surface area (Å²) in [7, 11) is 0. The minimum absolute atomic E-state index is 0.0172. The first-order valence-corrected chi connectivity index (χ1v) is 16.5. The molecule has 1 aliphatic rings. The Labute approximate surface area is 259 Å². The second-order valence-electron chi connectivity index (χ2n) is 11.0. The molecule has 1 saturated heterocycles. The van der Waals surface area contributed by atoms with Crippen molar-refractivity contribution in [1.82, 2.24) is 31.9 Å². The fraction of sp³-hybridized carbons (Fsp3) is 0.778. The predicted molar refractivity (Wildman–Crippen MR) is 169 cm³/mol. The number of hydrogen-bond donors (Lipinski definition) is 8. The number of ketones is 2. The highest BCUT2D eigenvalue weighted by Gasteiger charge is 2.39. The number of rotatable bonds is 23. The van der Waals surface area contributed by atoms with Crippen LogP contribution in [0.25, 0.3) is 0 Å². The van der Waals surface area contributed by atoms with Gasteiger partial charge in [-0.3, -0.25) is 19.8 Å². The lowest BCUT2D eigenvalue weighted by molar-refractivity contribution is -0.138. The first kappa shape index (κ1) is 38.0. The molecule has 13 nitrogen and oxygen atoms in total. The van der Waals surface area contributed by atoms with Crippen LogP contribution in [0.5, 0.6) is 0 Å². The summed E-state index contributed by atoms with van der Waals surface area (Å²) < 4.78 is 0. The molecule has 1 unspecified atom stereocenters. The van der Waals surface area contributed by atoms with Crippen molar-refractivity contribution >= 4 is 60.4 Å². The third-order valence-electron chi connectivity index (χ3n) is 7.04. The van der Waals surface area contributed by atoms with Crippen molar-refractivity contribution in [2.24, 2.45) is 17.6 Å². The third kappa shape index (κ3) is 13.5. The number of carbonyl (C=O) groups is 5. The quantitative estimate of drug-likeness (QED) is 0.0141. The smallest absolute Gasteiger partial charge is 0.239 e. The number of guanidine groups is 1. The zero-order valence-electron chi connectivity index (χ0n) is 25.2. The molecule has 42 heavy (non-hydrogen) atoms. The Morgan fingerprint density at radius 3 is 2.36 bits per heavy atom. The zero-order valence-corrected chi connectivity index (χ0v) is 26.9. The number of Topliss-reactive ketones (excluding diaryl/α,β-unsaturated/α-hetero) is 2. The normalized spacial score (nSPS) is 19.0. The van der Waals surface area contributed by atoms with Gasteiger partial charge in [0.2, 0.25) is 5.91 Å². The summed E-state index contributed by atoms with van der Waals surface area (Å²) >= 11 is 5.86. The van der Waals surface area contributed by atoms with Gasteiger partial charge in [-0.15, -0.1) is 0 Å². The van der Waals surface area contributed by atoms with E-state index >= 15 is 0 Å². The maximum absolute atomic E-state index is 13.4. The number of hydrogen-bond acceptors (Lipinski definition) is 12. The van der Waals surface area contributed by atoms with Crippen molar-refractivity contribution in [2.75, 3.05) is 30.9 Å². The van der Waals surface area contributed by atoms with Crippen LogP contribution < -0.4 is 32.6 Å². The molecule has 0 spiro atoms. The van der Waals surface area contributed by atoms with Crippen molar-refractivity contribution in [2.45, 2.75) is 89.5 Å². The molecule has 1 heterocycles. The van der Waals surface area contributed by atoms with Crippen LogP contribution in [0.4, 0.5) is 0 Å². The highest BCUT2D eigenvalue weighted by molar-refractivity contribution is 7.98. The van der Waals surface area contributed by atoms with Gasteiger partial charge in [-0.2, -0.15) is 24.4 Å². The second kappa shape index (κ2) is 20.8. The van der Waals surface area contributed by atoms with Crippen LogP contribution in [0, 0.1) is 17.2 Å². The zero-order chi connectivity index (χ0) is 31.7. The number of thioether (sulfide) groups is 1. The molecular weight excluding hydrogens is 580 g/mol. The van der Waals surface area contributed by atoms with E-state index in [-0.39, 0.29) is 23.4 Å². The van der Waals surface area contributed by atoms with Crippen molar-refractivity contribution in [3.05, 3.63) is 0 Å². The molecule has 15 heteroatoms. The molecule has 0 radical (unpaired) electrons. The van der Waals surface area contributed by atoms with Gasteiger partial charge in [-0.05, 0) is 63.4 Å². The molecule has 1 rings (SSSR count). The van der Waals surface area contributed by atoms with Crippen molar-refractivity contribution in [3.8, 4) is 0 Å². The maximum Gasteiger partial charge on any atom is 0.239 e. The summed E-state index contributed by atoms with van der Waals surface area (Å²) in [5.41, 5.74) is 14.3. The van der Waals surface area contributed by atoms with Crippen LogP contribution in [0.3, 0.4) is 0 Å². The highest BCUT2D eigenvalue weighted by atomic mass is 32.2. The molecular formula is C27H50N8O5S2. The summed E-state index contributed by atoms with van der Waals surface area (Å²) in [5, 5.41) is 14.4. The Balaban J connectivity index is 2.82. The summed E-state index contributed by atoms with van der Waals surface area (Å²) in [6.07, 6.45) is 6.91. The number of nitrogens with one attached hydrogen (secondary N) is 6. The van der Waals surface area contributed by atoms with E-state index in [9.17, 15) is 24.0 Å². The van der Waals surface area contributed by atoms with E-state index < -0.39 is 47.8 Å². The third-order valence-corrected chi connectivity index (χ3v) is 8.05. The molecule has 0 aromatic rings. The molecule has 6 atom stereocenters. The minimum Gasteiger partial charge on any atom is -0.370 e. The molecule has 0 aliphatic carbocycles. The standard InChI is InChI=1S/C27H50N8O5S2/c1-17(2)13-20(15-37)32-33-21(9-12-42-4)26(40)31-22(16-41)24(38)18(3)25(39)23-8-6-11-35(23)34-19(14-36)7-5-10-30-27(28)29/h14-15,17-23,32-34,41H,5-13,16H2,1-4H3,(H,31,40)(H4,28,29,30)/t18?,19-,20-,21-,22-,23-/m0/s1. The number of aldehydes is 2. The van der Waals surface area contributed by atoms with E-state index in [2.05, 4.69) is 39.5 Å². The number of carbonyl (C=O) groups excluding carboxylic acids is 5. The van der Waals surface area contributed by atoms with Gasteiger partial charge in [0.25, 0.3) is 0 Å². The molecule has 1 fully saturated rings. The number of amides is 1. The largest absolute Gasteiger partial charge is 0.370 e. The Morgan fingerprint density at radius 2 is 1.79 bits per heavy atom. The molecule has 8 N–H and O–H groups in total. The van der Waals surface area contributed by atoms with Crippen molar-refractivity contribution in [3.63, 3.8) is 0 Å². The van der Waals surface area contributed by atoms with Crippen LogP contribution >= 0.6 is 24.4 Å². The van der Waals surface area contributed by atoms with E-state index in [4.69, 9.17) is 11.1 Å². The van der Waals surface area contributed by atoms with Gasteiger partial charge in [-0.25, -0.2) is 21.3 Å². The lowest BCUT2D eigenvalue weighted by atomic mass is 9.91. The van der Waals surface area contributed by atoms with Crippen LogP contribution in [-0.4, -0.2) is 102 Å². The van der Waals surface area contributed by atoms with Gasteiger partial charge in [0.15, 0.2) is 17.5 Å². The van der Waals surface area contributed by atoms with E-state index in [1.165, 1.54) is 0 Å². The van der Waals surface area contributed by atoms with Gasteiger partial charge in [-0.1, -0.05) is 13.8 Å². The molecule has 0 saturated carbocycles. The van der Waals surface area contributed by atoms with Gasteiger partial charge in [0, 0.05) is 18.8 Å². The minimum atomic E-state index is -0.995. The molecule has 0 aromatic heterocycles. The molecule has 0 aromatic carbocycles. The molecule has 1 amide bonds. The van der Waals surface area contributed by atoms with E-state index in [1.54, 1.807) is 23.7 Å². The Morgan fingerprint density at radius 1 is 1.10 bits per heavy atom. The molecule has 0 bridgehead atoms. The van der Waals surface area contributed by atoms with Gasteiger partial charge < -0.3 is 26.0 Å². The highest BCUT2D eigenvalue weighted by Crippen LogP contribution is 2.21. The maximum atomic E-state index is 13.4. The van der Waals surface area contributed by atoms with Gasteiger partial charge in [0.05, 0.1) is 30.1 Å². The van der Waals surface area contributed by atoms with Crippen LogP contribution in [0.2, 0.25) is 0 Å². The van der Waals surface area contributed by atoms with Crippen LogP contribution in [0.1, 0.15) is 59.3 Å². The molecule has 240 valence electrons. The van der Waals surface area contributed by atoms with Crippen LogP contribution in [0.15, 0.2) is 0 Å². The molecule has 1 aliphatic heterocycles. The lowest BCUT2D eigenvalue weighted by Gasteiger charge is -2.30. The van der Waals surface area contributed by atoms with Crippen molar-refractivity contribution in [1.29, 1.82) is 5.41 Å². The first-order chi connectivity index (χ1) is 20.0. The fourth-order valence-corrected chi connectivity index (χ4v) is 5.46. The van der Waals surface area contributed by atoms with E-state index in [0.717, 1.165) is 19.0 Å². The van der Waals surface area contributed by atoms with Gasteiger partial charge in [0.1, 0.15) is 18.6 Å². The summed E-state index contributed by atoms with van der Waals surface area (Å²) in [6.45, 7) is 6.54. The predicted octanol–water partition coefficient (Wildman–Crippen LogP) is -0.195. The average Bonchev–Trinajstić information content (AvgIpc) is 3.43. The number of nitrogens with two attached hydrogens (primary N) is 1. The monoisotopic (exact) mass is 630 g/mol. The number of hydrazine groups is 2. The summed E-state index contributed by atoms with van der Waals surface area (Å²) in [4.78, 5) is 63.1. The average molecular weight is 631 g/mol. The van der Waals surface area contributed by atoms with Crippen LogP contribution in [-0.2, 0) is 24.0 Å². The fourth-order valence-electron chi connectivity index (χ4n) is 4.72.